The summed E-state index contributed by atoms with van der Waals surface area (Å²) in [7, 11) is 3.37. The standard InChI is InChI=1S/C23H21Cl3N4O3/c1-29-20-7-8-30(23(32)15-5-4-14(24)10-21(15)33-2)12-16(20)19(28-29)11-27-22(31)13-3-6-17(25)18(26)9-13/h3-6,9-10H,7-8,11-12H2,1-2H3,(H,27,31). The highest BCUT2D eigenvalue weighted by Crippen LogP contribution is 2.28. The van der Waals surface area contributed by atoms with Gasteiger partial charge in [-0.25, -0.2) is 0 Å². The van der Waals surface area contributed by atoms with Gasteiger partial charge in [0.1, 0.15) is 5.75 Å². The maximum atomic E-state index is 13.2. The molecule has 0 bridgehead atoms. The molecule has 4 rings (SSSR count). The number of fused-ring (bicyclic) bond motifs is 1. The van der Waals surface area contributed by atoms with Crippen LogP contribution >= 0.6 is 34.8 Å². The zero-order valence-electron chi connectivity index (χ0n) is 18.0. The van der Waals surface area contributed by atoms with Gasteiger partial charge in [-0.15, -0.1) is 0 Å². The zero-order chi connectivity index (χ0) is 23.7. The minimum Gasteiger partial charge on any atom is -0.496 e. The quantitative estimate of drug-likeness (QED) is 0.551. The highest BCUT2D eigenvalue weighted by atomic mass is 35.5. The largest absolute Gasteiger partial charge is 0.496 e. The second-order valence-electron chi connectivity index (χ2n) is 7.63. The molecule has 0 spiro atoms. The number of hydrogen-bond donors (Lipinski definition) is 1. The number of rotatable bonds is 5. The Morgan fingerprint density at radius 2 is 1.91 bits per heavy atom. The van der Waals surface area contributed by atoms with Gasteiger partial charge in [0.05, 0.1) is 35.0 Å². The Labute approximate surface area is 206 Å². The van der Waals surface area contributed by atoms with Gasteiger partial charge < -0.3 is 15.0 Å². The highest BCUT2D eigenvalue weighted by molar-refractivity contribution is 6.42. The van der Waals surface area contributed by atoms with Crippen LogP contribution in [0.25, 0.3) is 0 Å². The molecule has 172 valence electrons. The van der Waals surface area contributed by atoms with E-state index in [-0.39, 0.29) is 18.4 Å². The Hall–Kier alpha value is -2.74. The predicted molar refractivity (Wildman–Crippen MR) is 127 cm³/mol. The first-order valence-corrected chi connectivity index (χ1v) is 11.3. The Morgan fingerprint density at radius 1 is 1.12 bits per heavy atom. The summed E-state index contributed by atoms with van der Waals surface area (Å²) in [5.41, 5.74) is 3.53. The van der Waals surface area contributed by atoms with Crippen LogP contribution in [0.4, 0.5) is 0 Å². The number of amides is 2. The summed E-state index contributed by atoms with van der Waals surface area (Å²) in [6.45, 7) is 1.15. The molecule has 33 heavy (non-hydrogen) atoms. The molecule has 2 heterocycles. The number of methoxy groups -OCH3 is 1. The second-order valence-corrected chi connectivity index (χ2v) is 8.88. The van der Waals surface area contributed by atoms with E-state index in [0.29, 0.717) is 57.1 Å². The lowest BCUT2D eigenvalue weighted by molar-refractivity contribution is 0.0729. The van der Waals surface area contributed by atoms with Crippen molar-refractivity contribution in [3.63, 3.8) is 0 Å². The molecule has 0 saturated carbocycles. The van der Waals surface area contributed by atoms with E-state index in [4.69, 9.17) is 39.5 Å². The number of aromatic nitrogens is 2. The van der Waals surface area contributed by atoms with E-state index in [1.807, 2.05) is 7.05 Å². The number of ether oxygens (including phenoxy) is 1. The third-order valence-electron chi connectivity index (χ3n) is 5.60. The van der Waals surface area contributed by atoms with Gasteiger partial charge in [0.2, 0.25) is 0 Å². The van der Waals surface area contributed by atoms with Crippen molar-refractivity contribution in [2.75, 3.05) is 13.7 Å². The van der Waals surface area contributed by atoms with Gasteiger partial charge in [0, 0.05) is 48.4 Å². The van der Waals surface area contributed by atoms with E-state index in [2.05, 4.69) is 10.4 Å². The lowest BCUT2D eigenvalue weighted by atomic mass is 10.0. The number of carbonyl (C=O) groups excluding carboxylic acids is 2. The molecule has 0 fully saturated rings. The molecular weight excluding hydrogens is 487 g/mol. The fourth-order valence-corrected chi connectivity index (χ4v) is 4.36. The normalized spacial score (nSPS) is 12.9. The third-order valence-corrected chi connectivity index (χ3v) is 6.58. The van der Waals surface area contributed by atoms with Gasteiger partial charge in [-0.3, -0.25) is 14.3 Å². The molecule has 3 aromatic rings. The maximum Gasteiger partial charge on any atom is 0.257 e. The molecule has 0 unspecified atom stereocenters. The number of benzene rings is 2. The molecular formula is C23H21Cl3N4O3. The van der Waals surface area contributed by atoms with Gasteiger partial charge in [0.15, 0.2) is 0 Å². The summed E-state index contributed by atoms with van der Waals surface area (Å²) in [5.74, 6) is -0.00924. The van der Waals surface area contributed by atoms with Crippen molar-refractivity contribution < 1.29 is 14.3 Å². The molecule has 0 saturated heterocycles. The minimum atomic E-state index is -0.289. The molecule has 0 aliphatic carbocycles. The summed E-state index contributed by atoms with van der Waals surface area (Å²) in [5, 5.41) is 8.64. The molecule has 0 radical (unpaired) electrons. The van der Waals surface area contributed by atoms with Gasteiger partial charge >= 0.3 is 0 Å². The fourth-order valence-electron chi connectivity index (χ4n) is 3.90. The van der Waals surface area contributed by atoms with Crippen LogP contribution in [0, 0.1) is 0 Å². The molecule has 0 atom stereocenters. The summed E-state index contributed by atoms with van der Waals surface area (Å²) in [4.78, 5) is 27.5. The average Bonchev–Trinajstić information content (AvgIpc) is 3.13. The van der Waals surface area contributed by atoms with Crippen LogP contribution in [0.15, 0.2) is 36.4 Å². The van der Waals surface area contributed by atoms with Crippen molar-refractivity contribution in [3.8, 4) is 5.75 Å². The average molecular weight is 508 g/mol. The van der Waals surface area contributed by atoms with Crippen LogP contribution in [0.3, 0.4) is 0 Å². The molecule has 7 nitrogen and oxygen atoms in total. The molecule has 1 aromatic heterocycles. The first-order chi connectivity index (χ1) is 15.8. The summed E-state index contributed by atoms with van der Waals surface area (Å²) < 4.78 is 7.15. The number of hydrogen-bond acceptors (Lipinski definition) is 4. The molecule has 2 aromatic carbocycles. The third kappa shape index (κ3) is 4.81. The van der Waals surface area contributed by atoms with E-state index in [9.17, 15) is 9.59 Å². The fraction of sp³-hybridized carbons (Fsp3) is 0.261. The minimum absolute atomic E-state index is 0.149. The summed E-state index contributed by atoms with van der Waals surface area (Å²) in [6, 6.07) is 9.67. The van der Waals surface area contributed by atoms with Gasteiger partial charge in [0.25, 0.3) is 11.8 Å². The van der Waals surface area contributed by atoms with Crippen molar-refractivity contribution in [2.45, 2.75) is 19.5 Å². The van der Waals surface area contributed by atoms with Crippen LogP contribution in [-0.4, -0.2) is 40.1 Å². The number of halogens is 3. The Balaban J connectivity index is 1.51. The van der Waals surface area contributed by atoms with Gasteiger partial charge in [-0.05, 0) is 36.4 Å². The number of carbonyl (C=O) groups is 2. The van der Waals surface area contributed by atoms with E-state index in [1.54, 1.807) is 39.9 Å². The van der Waals surface area contributed by atoms with E-state index in [0.717, 1.165) is 11.3 Å². The van der Waals surface area contributed by atoms with Gasteiger partial charge in [-0.2, -0.15) is 5.10 Å². The van der Waals surface area contributed by atoms with E-state index >= 15 is 0 Å². The Kier molecular flexibility index (Phi) is 6.83. The monoisotopic (exact) mass is 506 g/mol. The first-order valence-electron chi connectivity index (χ1n) is 10.2. The van der Waals surface area contributed by atoms with Gasteiger partial charge in [-0.1, -0.05) is 34.8 Å². The van der Waals surface area contributed by atoms with Crippen molar-refractivity contribution >= 4 is 46.6 Å². The maximum absolute atomic E-state index is 13.2. The first kappa shape index (κ1) is 23.4. The number of aryl methyl sites for hydroxylation is 1. The van der Waals surface area contributed by atoms with Crippen molar-refractivity contribution in [1.82, 2.24) is 20.0 Å². The van der Waals surface area contributed by atoms with Crippen molar-refractivity contribution in [2.24, 2.45) is 7.05 Å². The second kappa shape index (κ2) is 9.63. The van der Waals surface area contributed by atoms with Crippen LogP contribution in [0.1, 0.15) is 37.7 Å². The number of nitrogens with zero attached hydrogens (tertiary/aromatic N) is 3. The number of nitrogens with one attached hydrogen (secondary N) is 1. The predicted octanol–water partition coefficient (Wildman–Crippen LogP) is 4.52. The van der Waals surface area contributed by atoms with Crippen LogP contribution in [0.2, 0.25) is 15.1 Å². The lowest BCUT2D eigenvalue weighted by Gasteiger charge is -2.28. The lowest BCUT2D eigenvalue weighted by Crippen LogP contribution is -2.37. The molecule has 1 aliphatic rings. The summed E-state index contributed by atoms with van der Waals surface area (Å²) >= 11 is 18.0. The zero-order valence-corrected chi connectivity index (χ0v) is 20.3. The smallest absolute Gasteiger partial charge is 0.257 e. The topological polar surface area (TPSA) is 76.5 Å². The van der Waals surface area contributed by atoms with E-state index < -0.39 is 0 Å². The summed E-state index contributed by atoms with van der Waals surface area (Å²) in [6.07, 6.45) is 0.654. The van der Waals surface area contributed by atoms with E-state index in [1.165, 1.54) is 13.2 Å². The molecule has 2 amide bonds. The van der Waals surface area contributed by atoms with Crippen LogP contribution < -0.4 is 10.1 Å². The Morgan fingerprint density at radius 3 is 2.64 bits per heavy atom. The SMILES string of the molecule is COc1cc(Cl)ccc1C(=O)N1CCc2c(c(CNC(=O)c3ccc(Cl)c(Cl)c3)nn2C)C1. The highest BCUT2D eigenvalue weighted by Gasteiger charge is 2.28. The van der Waals surface area contributed by atoms with Crippen LogP contribution in [0.5, 0.6) is 5.75 Å². The van der Waals surface area contributed by atoms with Crippen molar-refractivity contribution in [3.05, 3.63) is 79.5 Å². The molecule has 10 heteroatoms. The van der Waals surface area contributed by atoms with Crippen molar-refractivity contribution in [1.29, 1.82) is 0 Å². The van der Waals surface area contributed by atoms with Crippen LogP contribution in [-0.2, 0) is 26.6 Å². The Bertz CT molecular complexity index is 1240. The molecule has 1 N–H and O–H groups in total. The molecule has 1 aliphatic heterocycles.